The van der Waals surface area contributed by atoms with Crippen LogP contribution in [-0.2, 0) is 20.8 Å². The summed E-state index contributed by atoms with van der Waals surface area (Å²) in [6.45, 7) is 2.57. The summed E-state index contributed by atoms with van der Waals surface area (Å²) in [5.41, 5.74) is 6.30. The minimum absolute atomic E-state index is 0.173. The van der Waals surface area contributed by atoms with Gasteiger partial charge in [-0.05, 0) is 30.5 Å². The van der Waals surface area contributed by atoms with Gasteiger partial charge in [0, 0.05) is 13.0 Å². The van der Waals surface area contributed by atoms with E-state index in [1.54, 1.807) is 24.3 Å². The molecule has 0 aliphatic carbocycles. The maximum atomic E-state index is 12.1. The van der Waals surface area contributed by atoms with Crippen molar-refractivity contribution in [2.45, 2.75) is 77.2 Å². The van der Waals surface area contributed by atoms with E-state index in [4.69, 9.17) is 5.73 Å². The third-order valence-corrected chi connectivity index (χ3v) is 4.75. The van der Waals surface area contributed by atoms with E-state index in [1.807, 2.05) is 0 Å². The lowest BCUT2D eigenvalue weighted by Crippen LogP contribution is -2.47. The zero-order chi connectivity index (χ0) is 21.5. The number of nitrogens with one attached hydrogen (secondary N) is 2. The molecule has 0 spiro atoms. The number of aromatic hydroxyl groups is 1. The quantitative estimate of drug-likeness (QED) is 0.335. The second kappa shape index (κ2) is 14.4. The minimum atomic E-state index is -0.999. The van der Waals surface area contributed by atoms with Gasteiger partial charge in [0.25, 0.3) is 0 Å². The van der Waals surface area contributed by atoms with Crippen molar-refractivity contribution in [1.29, 1.82) is 0 Å². The predicted octanol–water partition coefficient (Wildman–Crippen LogP) is 2.55. The first-order valence-electron chi connectivity index (χ1n) is 10.6. The average molecular weight is 406 g/mol. The smallest absolute Gasteiger partial charge is 0.240 e. The summed E-state index contributed by atoms with van der Waals surface area (Å²) >= 11 is 0. The second-order valence-corrected chi connectivity index (χ2v) is 7.36. The molecule has 7 heteroatoms. The van der Waals surface area contributed by atoms with Gasteiger partial charge in [-0.3, -0.25) is 14.4 Å². The SMILES string of the molecule is CCCCCCCCCC(=O)NC(CC(=O)NCCc1ccc(O)cc1)C(N)=O. The summed E-state index contributed by atoms with van der Waals surface area (Å²) in [6, 6.07) is 5.72. The first-order chi connectivity index (χ1) is 13.9. The number of primary amides is 1. The number of benzene rings is 1. The molecule has 0 saturated heterocycles. The van der Waals surface area contributed by atoms with Gasteiger partial charge < -0.3 is 21.5 Å². The minimum Gasteiger partial charge on any atom is -0.508 e. The van der Waals surface area contributed by atoms with Crippen molar-refractivity contribution in [1.82, 2.24) is 10.6 Å². The predicted molar refractivity (Wildman–Crippen MR) is 113 cm³/mol. The van der Waals surface area contributed by atoms with E-state index < -0.39 is 11.9 Å². The third-order valence-electron chi connectivity index (χ3n) is 4.75. The van der Waals surface area contributed by atoms with Crippen LogP contribution >= 0.6 is 0 Å². The number of nitrogens with two attached hydrogens (primary N) is 1. The van der Waals surface area contributed by atoms with Crippen LogP contribution in [0.5, 0.6) is 5.75 Å². The van der Waals surface area contributed by atoms with Crippen LogP contribution < -0.4 is 16.4 Å². The van der Waals surface area contributed by atoms with E-state index in [0.29, 0.717) is 19.4 Å². The first kappa shape index (κ1) is 24.5. The third kappa shape index (κ3) is 11.8. The number of phenolic OH excluding ortho intramolecular Hbond substituents is 1. The van der Waals surface area contributed by atoms with Crippen LogP contribution in [0.4, 0.5) is 0 Å². The molecular weight excluding hydrogens is 370 g/mol. The molecule has 0 radical (unpaired) electrons. The van der Waals surface area contributed by atoms with Crippen molar-refractivity contribution >= 4 is 17.7 Å². The zero-order valence-corrected chi connectivity index (χ0v) is 17.4. The molecule has 7 nitrogen and oxygen atoms in total. The topological polar surface area (TPSA) is 122 Å². The Kier molecular flexibility index (Phi) is 12.2. The van der Waals surface area contributed by atoms with Crippen LogP contribution in [0, 0.1) is 0 Å². The fourth-order valence-corrected chi connectivity index (χ4v) is 3.00. The normalized spacial score (nSPS) is 11.6. The number of carbonyl (C=O) groups excluding carboxylic acids is 3. The number of amides is 3. The molecular formula is C22H35N3O4. The maximum Gasteiger partial charge on any atom is 0.240 e. The number of unbranched alkanes of at least 4 members (excludes halogenated alkanes) is 6. The largest absolute Gasteiger partial charge is 0.508 e. The second-order valence-electron chi connectivity index (χ2n) is 7.36. The molecule has 0 saturated carbocycles. The van der Waals surface area contributed by atoms with Crippen LogP contribution in [0.1, 0.15) is 70.3 Å². The molecule has 0 fully saturated rings. The molecule has 0 aromatic heterocycles. The molecule has 1 aromatic carbocycles. The lowest BCUT2D eigenvalue weighted by atomic mass is 10.1. The summed E-state index contributed by atoms with van der Waals surface area (Å²) in [6.07, 6.45) is 8.48. The van der Waals surface area contributed by atoms with E-state index >= 15 is 0 Å². The maximum absolute atomic E-state index is 12.1. The van der Waals surface area contributed by atoms with Crippen LogP contribution in [0.2, 0.25) is 0 Å². The van der Waals surface area contributed by atoms with E-state index in [1.165, 1.54) is 25.7 Å². The molecule has 0 heterocycles. The van der Waals surface area contributed by atoms with Gasteiger partial charge in [0.15, 0.2) is 0 Å². The summed E-state index contributed by atoms with van der Waals surface area (Å²) in [5.74, 6) is -1.12. The first-order valence-corrected chi connectivity index (χ1v) is 10.6. The Morgan fingerprint density at radius 2 is 1.59 bits per heavy atom. The van der Waals surface area contributed by atoms with Crippen LogP contribution in [0.25, 0.3) is 0 Å². The van der Waals surface area contributed by atoms with Crippen molar-refractivity contribution < 1.29 is 19.5 Å². The van der Waals surface area contributed by atoms with Crippen molar-refractivity contribution in [3.8, 4) is 5.75 Å². The number of carbonyl (C=O) groups is 3. The molecule has 0 aliphatic rings. The summed E-state index contributed by atoms with van der Waals surface area (Å²) in [7, 11) is 0. The van der Waals surface area contributed by atoms with Crippen LogP contribution in [0.15, 0.2) is 24.3 Å². The standard InChI is InChI=1S/C22H35N3O4/c1-2-3-4-5-6-7-8-9-20(27)25-19(22(23)29)16-21(28)24-15-14-17-10-12-18(26)13-11-17/h10-13,19,26H,2-9,14-16H2,1H3,(H2,23,29)(H,24,28)(H,25,27). The van der Waals surface area contributed by atoms with Gasteiger partial charge in [-0.1, -0.05) is 57.6 Å². The Morgan fingerprint density at radius 1 is 0.966 bits per heavy atom. The van der Waals surface area contributed by atoms with Crippen molar-refractivity contribution in [2.75, 3.05) is 6.54 Å². The summed E-state index contributed by atoms with van der Waals surface area (Å²) in [4.78, 5) is 35.7. The number of phenols is 1. The number of rotatable bonds is 15. The Hall–Kier alpha value is -2.57. The van der Waals surface area contributed by atoms with E-state index in [-0.39, 0.29) is 24.0 Å². The van der Waals surface area contributed by atoms with Gasteiger partial charge in [0.05, 0.1) is 6.42 Å². The lowest BCUT2D eigenvalue weighted by molar-refractivity contribution is -0.130. The Bertz CT molecular complexity index is 631. The van der Waals surface area contributed by atoms with Gasteiger partial charge in [0.2, 0.25) is 17.7 Å². The zero-order valence-electron chi connectivity index (χ0n) is 17.4. The number of hydrogen-bond donors (Lipinski definition) is 4. The Balaban J connectivity index is 2.25. The molecule has 1 unspecified atom stereocenters. The van der Waals surface area contributed by atoms with Gasteiger partial charge in [-0.25, -0.2) is 0 Å². The number of hydrogen-bond acceptors (Lipinski definition) is 4. The molecule has 1 rings (SSSR count). The van der Waals surface area contributed by atoms with Crippen molar-refractivity contribution in [3.63, 3.8) is 0 Å². The van der Waals surface area contributed by atoms with Crippen molar-refractivity contribution in [3.05, 3.63) is 29.8 Å². The lowest BCUT2D eigenvalue weighted by Gasteiger charge is -2.15. The Morgan fingerprint density at radius 3 is 2.21 bits per heavy atom. The molecule has 3 amide bonds. The van der Waals surface area contributed by atoms with E-state index in [2.05, 4.69) is 17.6 Å². The fourth-order valence-electron chi connectivity index (χ4n) is 3.00. The molecule has 1 aromatic rings. The molecule has 162 valence electrons. The molecule has 29 heavy (non-hydrogen) atoms. The molecule has 5 N–H and O–H groups in total. The van der Waals surface area contributed by atoms with Crippen molar-refractivity contribution in [2.24, 2.45) is 5.73 Å². The average Bonchev–Trinajstić information content (AvgIpc) is 2.68. The van der Waals surface area contributed by atoms with Gasteiger partial charge in [0.1, 0.15) is 11.8 Å². The molecule has 0 bridgehead atoms. The molecule has 1 atom stereocenters. The highest BCUT2D eigenvalue weighted by molar-refractivity contribution is 5.91. The van der Waals surface area contributed by atoms with Gasteiger partial charge in [-0.2, -0.15) is 0 Å². The highest BCUT2D eigenvalue weighted by Gasteiger charge is 2.21. The van der Waals surface area contributed by atoms with E-state index in [0.717, 1.165) is 24.8 Å². The van der Waals surface area contributed by atoms with E-state index in [9.17, 15) is 19.5 Å². The highest BCUT2D eigenvalue weighted by atomic mass is 16.3. The summed E-state index contributed by atoms with van der Waals surface area (Å²) < 4.78 is 0. The van der Waals surface area contributed by atoms with Gasteiger partial charge >= 0.3 is 0 Å². The summed E-state index contributed by atoms with van der Waals surface area (Å²) in [5, 5.41) is 14.5. The highest BCUT2D eigenvalue weighted by Crippen LogP contribution is 2.10. The van der Waals surface area contributed by atoms with Crippen LogP contribution in [-0.4, -0.2) is 35.4 Å². The monoisotopic (exact) mass is 405 g/mol. The Labute approximate surface area is 173 Å². The van der Waals surface area contributed by atoms with Gasteiger partial charge in [-0.15, -0.1) is 0 Å². The fraction of sp³-hybridized carbons (Fsp3) is 0.591. The molecule has 0 aliphatic heterocycles. The van der Waals surface area contributed by atoms with Crippen LogP contribution in [0.3, 0.4) is 0 Å².